The number of alkyl halides is 2. The van der Waals surface area contributed by atoms with Crippen LogP contribution in [0.5, 0.6) is 5.75 Å². The van der Waals surface area contributed by atoms with Crippen molar-refractivity contribution in [3.63, 3.8) is 0 Å². The Balaban J connectivity index is 1.84. The van der Waals surface area contributed by atoms with Gasteiger partial charge >= 0.3 is 0 Å². The molecule has 8 nitrogen and oxygen atoms in total. The van der Waals surface area contributed by atoms with Gasteiger partial charge in [0, 0.05) is 38.5 Å². The second kappa shape index (κ2) is 11.8. The number of nitrogens with one attached hydrogen (secondary N) is 1. The number of ether oxygens (including phenoxy) is 1. The van der Waals surface area contributed by atoms with Crippen LogP contribution in [0.4, 0.5) is 14.5 Å². The summed E-state index contributed by atoms with van der Waals surface area (Å²) in [7, 11) is 5.38. The second-order valence-electron chi connectivity index (χ2n) is 8.38. The number of unbranched alkanes of at least 4 members (excludes halogenated alkanes) is 1. The molecule has 0 bridgehead atoms. The van der Waals surface area contributed by atoms with Gasteiger partial charge in [-0.25, -0.2) is 18.3 Å². The Hall–Kier alpha value is -3.14. The monoisotopic (exact) mass is 474 g/mol. The van der Waals surface area contributed by atoms with Crippen LogP contribution in [-0.2, 0) is 0 Å². The van der Waals surface area contributed by atoms with E-state index in [1.165, 1.54) is 16.9 Å². The van der Waals surface area contributed by atoms with Gasteiger partial charge in [-0.1, -0.05) is 13.3 Å². The number of rotatable bonds is 13. The molecule has 3 aromatic rings. The van der Waals surface area contributed by atoms with Gasteiger partial charge in [0.15, 0.2) is 5.78 Å². The number of halogens is 2. The molecule has 10 heteroatoms. The van der Waals surface area contributed by atoms with E-state index >= 15 is 0 Å². The maximum atomic E-state index is 13.5. The fraction of sp³-hybridized carbons (Fsp3) is 0.500. The summed E-state index contributed by atoms with van der Waals surface area (Å²) in [6.45, 7) is 3.43. The average molecular weight is 475 g/mol. The van der Waals surface area contributed by atoms with Gasteiger partial charge in [0.1, 0.15) is 17.8 Å². The standard InChI is InChI=1S/C24H32F2N6O2/c1-5-6-11-27-14-17(20-13-18(23(25)26)30-24-28-15-29-32(20)24)8-10-21(33)16-7-9-19(31(2)3)22(12-16)34-4/h7,9,12-13,15,17,23,27H,5-6,8,10-11,14H2,1-4H3. The summed E-state index contributed by atoms with van der Waals surface area (Å²) in [4.78, 5) is 22.9. The normalized spacial score (nSPS) is 12.3. The topological polar surface area (TPSA) is 84.7 Å². The number of hydrogen-bond acceptors (Lipinski definition) is 7. The molecule has 0 radical (unpaired) electrons. The van der Waals surface area contributed by atoms with E-state index in [-0.39, 0.29) is 29.6 Å². The van der Waals surface area contributed by atoms with E-state index in [1.807, 2.05) is 25.1 Å². The minimum atomic E-state index is -2.72. The van der Waals surface area contributed by atoms with E-state index < -0.39 is 6.43 Å². The highest BCUT2D eigenvalue weighted by Gasteiger charge is 2.22. The van der Waals surface area contributed by atoms with Crippen molar-refractivity contribution in [1.82, 2.24) is 24.9 Å². The minimum Gasteiger partial charge on any atom is -0.495 e. The van der Waals surface area contributed by atoms with E-state index in [4.69, 9.17) is 4.74 Å². The first-order chi connectivity index (χ1) is 16.3. The highest BCUT2D eigenvalue weighted by atomic mass is 19.3. The number of carbonyl (C=O) groups is 1. The number of methoxy groups -OCH3 is 1. The van der Waals surface area contributed by atoms with Crippen molar-refractivity contribution in [2.24, 2.45) is 0 Å². The number of fused-ring (bicyclic) bond motifs is 1. The molecule has 34 heavy (non-hydrogen) atoms. The molecule has 0 aliphatic rings. The van der Waals surface area contributed by atoms with Gasteiger partial charge in [0.2, 0.25) is 0 Å². The van der Waals surface area contributed by atoms with Gasteiger partial charge in [-0.2, -0.15) is 10.1 Å². The van der Waals surface area contributed by atoms with Crippen LogP contribution in [-0.4, -0.2) is 59.7 Å². The molecule has 1 aromatic carbocycles. The molecule has 0 amide bonds. The molecule has 0 saturated carbocycles. The largest absolute Gasteiger partial charge is 0.495 e. The minimum absolute atomic E-state index is 0.0415. The predicted molar refractivity (Wildman–Crippen MR) is 127 cm³/mol. The summed E-state index contributed by atoms with van der Waals surface area (Å²) in [6, 6.07) is 6.75. The zero-order valence-electron chi connectivity index (χ0n) is 20.1. The van der Waals surface area contributed by atoms with Crippen molar-refractivity contribution in [3.05, 3.63) is 47.5 Å². The Kier molecular flexibility index (Phi) is 8.86. The summed E-state index contributed by atoms with van der Waals surface area (Å²) in [5.41, 5.74) is 1.65. The molecule has 0 fully saturated rings. The predicted octanol–water partition coefficient (Wildman–Crippen LogP) is 4.27. The summed E-state index contributed by atoms with van der Waals surface area (Å²) in [5.74, 6) is 0.476. The molecule has 0 spiro atoms. The van der Waals surface area contributed by atoms with Gasteiger partial charge in [0.05, 0.1) is 18.5 Å². The van der Waals surface area contributed by atoms with Crippen LogP contribution in [0.2, 0.25) is 0 Å². The number of hydrogen-bond donors (Lipinski definition) is 1. The average Bonchev–Trinajstić information content (AvgIpc) is 3.31. The molecule has 1 unspecified atom stereocenters. The van der Waals surface area contributed by atoms with Gasteiger partial charge < -0.3 is 15.0 Å². The van der Waals surface area contributed by atoms with Crippen LogP contribution in [0, 0.1) is 0 Å². The molecule has 2 heterocycles. The summed E-state index contributed by atoms with van der Waals surface area (Å²) >= 11 is 0. The lowest BCUT2D eigenvalue weighted by molar-refractivity contribution is 0.0976. The SMILES string of the molecule is CCCCNCC(CCC(=O)c1ccc(N(C)C)c(OC)c1)c1cc(C(F)F)nc2ncnn12. The Morgan fingerprint density at radius 2 is 2.06 bits per heavy atom. The van der Waals surface area contributed by atoms with E-state index in [9.17, 15) is 13.6 Å². The number of aromatic nitrogens is 4. The molecule has 1 atom stereocenters. The summed E-state index contributed by atoms with van der Waals surface area (Å²) in [5, 5.41) is 7.57. The molecule has 2 aromatic heterocycles. The molecule has 0 saturated heterocycles. The molecule has 184 valence electrons. The lowest BCUT2D eigenvalue weighted by Crippen LogP contribution is -2.25. The zero-order chi connectivity index (χ0) is 24.7. The fourth-order valence-electron chi connectivity index (χ4n) is 3.86. The summed E-state index contributed by atoms with van der Waals surface area (Å²) in [6.07, 6.45) is 1.31. The van der Waals surface area contributed by atoms with Gasteiger partial charge in [0.25, 0.3) is 12.2 Å². The number of anilines is 1. The number of ketones is 1. The third-order valence-electron chi connectivity index (χ3n) is 5.74. The maximum Gasteiger partial charge on any atom is 0.280 e. The Morgan fingerprint density at radius 3 is 2.74 bits per heavy atom. The Bertz CT molecular complexity index is 1100. The molecular formula is C24H32F2N6O2. The van der Waals surface area contributed by atoms with E-state index in [1.54, 1.807) is 19.2 Å². The first-order valence-electron chi connectivity index (χ1n) is 11.4. The van der Waals surface area contributed by atoms with Crippen molar-refractivity contribution < 1.29 is 18.3 Å². The van der Waals surface area contributed by atoms with E-state index in [2.05, 4.69) is 27.3 Å². The van der Waals surface area contributed by atoms with Crippen molar-refractivity contribution in [2.45, 2.75) is 45.0 Å². The third kappa shape index (κ3) is 6.05. The molecule has 3 rings (SSSR count). The number of Topliss-reactive ketones (excluding diaryl/α,β-unsaturated/α-hetero) is 1. The maximum absolute atomic E-state index is 13.5. The molecule has 1 N–H and O–H groups in total. The van der Waals surface area contributed by atoms with E-state index in [0.717, 1.165) is 25.1 Å². The number of benzene rings is 1. The zero-order valence-corrected chi connectivity index (χ0v) is 20.1. The highest BCUT2D eigenvalue weighted by molar-refractivity contribution is 5.97. The van der Waals surface area contributed by atoms with Crippen LogP contribution in [0.15, 0.2) is 30.6 Å². The van der Waals surface area contributed by atoms with Crippen molar-refractivity contribution in [1.29, 1.82) is 0 Å². The van der Waals surface area contributed by atoms with Gasteiger partial charge in [-0.05, 0) is 43.7 Å². The van der Waals surface area contributed by atoms with Crippen molar-refractivity contribution in [3.8, 4) is 5.75 Å². The Labute approximate surface area is 198 Å². The van der Waals surface area contributed by atoms with Crippen molar-refractivity contribution >= 4 is 17.2 Å². The lowest BCUT2D eigenvalue weighted by Gasteiger charge is -2.20. The molecule has 0 aliphatic heterocycles. The molecular weight excluding hydrogens is 442 g/mol. The second-order valence-corrected chi connectivity index (χ2v) is 8.38. The van der Waals surface area contributed by atoms with Crippen LogP contribution >= 0.6 is 0 Å². The number of nitrogens with zero attached hydrogens (tertiary/aromatic N) is 5. The first-order valence-corrected chi connectivity index (χ1v) is 11.4. The summed E-state index contributed by atoms with van der Waals surface area (Å²) < 4.78 is 33.9. The fourth-order valence-corrected chi connectivity index (χ4v) is 3.86. The number of carbonyl (C=O) groups excluding carboxylic acids is 1. The van der Waals surface area contributed by atoms with Crippen LogP contribution in [0.3, 0.4) is 0 Å². The van der Waals surface area contributed by atoms with Crippen molar-refractivity contribution in [2.75, 3.05) is 39.2 Å². The van der Waals surface area contributed by atoms with Crippen LogP contribution in [0.25, 0.3) is 5.78 Å². The molecule has 0 aliphatic carbocycles. The Morgan fingerprint density at radius 1 is 1.26 bits per heavy atom. The van der Waals surface area contributed by atoms with E-state index in [0.29, 0.717) is 30.0 Å². The van der Waals surface area contributed by atoms with Crippen LogP contribution in [0.1, 0.15) is 66.7 Å². The first kappa shape index (κ1) is 25.5. The quantitative estimate of drug-likeness (QED) is 0.292. The highest BCUT2D eigenvalue weighted by Crippen LogP contribution is 2.30. The van der Waals surface area contributed by atoms with Gasteiger partial charge in [-0.3, -0.25) is 4.79 Å². The smallest absolute Gasteiger partial charge is 0.280 e. The van der Waals surface area contributed by atoms with Crippen LogP contribution < -0.4 is 15.0 Å². The lowest BCUT2D eigenvalue weighted by atomic mass is 9.94. The third-order valence-corrected chi connectivity index (χ3v) is 5.74. The van der Waals surface area contributed by atoms with Gasteiger partial charge in [-0.15, -0.1) is 0 Å².